The second-order valence-electron chi connectivity index (χ2n) is 6.20. The average Bonchev–Trinajstić information content (AvgIpc) is 2.72. The Balaban J connectivity index is 1.81. The molecule has 0 aromatic carbocycles. The van der Waals surface area contributed by atoms with E-state index < -0.39 is 0 Å². The van der Waals surface area contributed by atoms with E-state index in [1.54, 1.807) is 0 Å². The topological polar surface area (TPSA) is 67.6 Å². The number of nitrogens with one attached hydrogen (secondary N) is 1. The summed E-state index contributed by atoms with van der Waals surface area (Å²) in [7, 11) is 0. The fourth-order valence-electron chi connectivity index (χ4n) is 3.08. The van der Waals surface area contributed by atoms with Crippen LogP contribution in [0.4, 0.5) is 0 Å². The zero-order valence-corrected chi connectivity index (χ0v) is 12.2. The monoisotopic (exact) mass is 269 g/mol. The van der Waals surface area contributed by atoms with Crippen LogP contribution in [0.25, 0.3) is 0 Å². The van der Waals surface area contributed by atoms with Gasteiger partial charge in [0.1, 0.15) is 0 Å². The molecular weight excluding hydrogens is 242 g/mol. The van der Waals surface area contributed by atoms with Crippen molar-refractivity contribution in [3.63, 3.8) is 0 Å². The van der Waals surface area contributed by atoms with E-state index in [0.29, 0.717) is 0 Å². The van der Waals surface area contributed by atoms with Crippen LogP contribution in [0.5, 0.6) is 0 Å². The summed E-state index contributed by atoms with van der Waals surface area (Å²) < 4.78 is 5.33. The maximum absolute atomic E-state index is 12.4. The van der Waals surface area contributed by atoms with Crippen molar-refractivity contribution in [3.8, 4) is 0 Å². The molecule has 3 atom stereocenters. The summed E-state index contributed by atoms with van der Waals surface area (Å²) in [6.45, 7) is 8.46. The van der Waals surface area contributed by atoms with Crippen LogP contribution >= 0.6 is 0 Å². The standard InChI is InChI=1S/C14H27N3O2/c1-11(10-17-6-8-19-9-7-17)16-13(18)14(2)5-3-4-12(14)15/h11-12H,3-10,15H2,1-2H3,(H,16,18). The molecule has 1 saturated heterocycles. The summed E-state index contributed by atoms with van der Waals surface area (Å²) in [5.41, 5.74) is 5.71. The van der Waals surface area contributed by atoms with Gasteiger partial charge in [-0.1, -0.05) is 6.42 Å². The minimum Gasteiger partial charge on any atom is -0.379 e. The van der Waals surface area contributed by atoms with Gasteiger partial charge in [-0.3, -0.25) is 9.69 Å². The number of hydrogen-bond donors (Lipinski definition) is 2. The lowest BCUT2D eigenvalue weighted by molar-refractivity contribution is -0.131. The molecule has 0 spiro atoms. The first-order valence-electron chi connectivity index (χ1n) is 7.39. The first-order chi connectivity index (χ1) is 9.02. The van der Waals surface area contributed by atoms with Crippen LogP contribution in [0.1, 0.15) is 33.1 Å². The maximum atomic E-state index is 12.4. The molecule has 1 aliphatic carbocycles. The van der Waals surface area contributed by atoms with Gasteiger partial charge in [-0.2, -0.15) is 0 Å². The number of nitrogens with zero attached hydrogens (tertiary/aromatic N) is 1. The number of amides is 1. The Morgan fingerprint density at radius 1 is 1.53 bits per heavy atom. The van der Waals surface area contributed by atoms with E-state index in [-0.39, 0.29) is 23.4 Å². The zero-order valence-electron chi connectivity index (χ0n) is 12.2. The number of carbonyl (C=O) groups excluding carboxylic acids is 1. The van der Waals surface area contributed by atoms with E-state index >= 15 is 0 Å². The molecule has 0 aromatic heterocycles. The number of hydrogen-bond acceptors (Lipinski definition) is 4. The van der Waals surface area contributed by atoms with Crippen LogP contribution in [0, 0.1) is 5.41 Å². The molecule has 19 heavy (non-hydrogen) atoms. The van der Waals surface area contributed by atoms with Gasteiger partial charge in [0.25, 0.3) is 0 Å². The number of ether oxygens (including phenoxy) is 1. The van der Waals surface area contributed by atoms with Crippen molar-refractivity contribution in [3.05, 3.63) is 0 Å². The van der Waals surface area contributed by atoms with E-state index in [0.717, 1.165) is 52.1 Å². The molecule has 3 N–H and O–H groups in total. The zero-order chi connectivity index (χ0) is 13.9. The summed E-state index contributed by atoms with van der Waals surface area (Å²) in [6.07, 6.45) is 2.93. The fourth-order valence-corrected chi connectivity index (χ4v) is 3.08. The molecule has 1 heterocycles. The molecule has 2 aliphatic rings. The largest absolute Gasteiger partial charge is 0.379 e. The lowest BCUT2D eigenvalue weighted by Crippen LogP contribution is -2.52. The summed E-state index contributed by atoms with van der Waals surface area (Å²) in [6, 6.07) is 0.165. The molecule has 0 radical (unpaired) electrons. The Kier molecular flexibility index (Phi) is 4.81. The van der Waals surface area contributed by atoms with Crippen LogP contribution in [0.2, 0.25) is 0 Å². The maximum Gasteiger partial charge on any atom is 0.227 e. The Labute approximate surface area is 115 Å². The Hall–Kier alpha value is -0.650. The summed E-state index contributed by atoms with van der Waals surface area (Å²) in [4.78, 5) is 14.7. The molecule has 3 unspecified atom stereocenters. The highest BCUT2D eigenvalue weighted by atomic mass is 16.5. The molecule has 2 fully saturated rings. The summed E-state index contributed by atoms with van der Waals surface area (Å²) in [5, 5.41) is 3.14. The number of nitrogens with two attached hydrogens (primary N) is 1. The van der Waals surface area contributed by atoms with Crippen molar-refractivity contribution < 1.29 is 9.53 Å². The van der Waals surface area contributed by atoms with Crippen LogP contribution < -0.4 is 11.1 Å². The number of rotatable bonds is 4. The molecule has 1 saturated carbocycles. The average molecular weight is 269 g/mol. The van der Waals surface area contributed by atoms with Gasteiger partial charge in [0.05, 0.1) is 18.6 Å². The van der Waals surface area contributed by atoms with E-state index in [1.165, 1.54) is 0 Å². The fraction of sp³-hybridized carbons (Fsp3) is 0.929. The SMILES string of the molecule is CC(CN1CCOCC1)NC(=O)C1(C)CCCC1N. The predicted octanol–water partition coefficient (Wildman–Crippen LogP) is 0.341. The second-order valence-corrected chi connectivity index (χ2v) is 6.20. The molecule has 1 aliphatic heterocycles. The van der Waals surface area contributed by atoms with Crippen molar-refractivity contribution in [1.29, 1.82) is 0 Å². The molecule has 5 nitrogen and oxygen atoms in total. The quantitative estimate of drug-likeness (QED) is 0.772. The lowest BCUT2D eigenvalue weighted by atomic mass is 9.84. The molecular formula is C14H27N3O2. The van der Waals surface area contributed by atoms with E-state index in [9.17, 15) is 4.79 Å². The number of morpholine rings is 1. The summed E-state index contributed by atoms with van der Waals surface area (Å²) >= 11 is 0. The van der Waals surface area contributed by atoms with E-state index in [1.807, 2.05) is 6.92 Å². The van der Waals surface area contributed by atoms with Crippen molar-refractivity contribution >= 4 is 5.91 Å². The molecule has 5 heteroatoms. The van der Waals surface area contributed by atoms with Gasteiger partial charge in [-0.15, -0.1) is 0 Å². The van der Waals surface area contributed by atoms with Crippen LogP contribution in [0.3, 0.4) is 0 Å². The van der Waals surface area contributed by atoms with Crippen molar-refractivity contribution in [1.82, 2.24) is 10.2 Å². The van der Waals surface area contributed by atoms with Crippen LogP contribution in [-0.4, -0.2) is 55.7 Å². The van der Waals surface area contributed by atoms with E-state index in [4.69, 9.17) is 10.5 Å². The normalized spacial score (nSPS) is 34.2. The smallest absolute Gasteiger partial charge is 0.227 e. The van der Waals surface area contributed by atoms with E-state index in [2.05, 4.69) is 17.1 Å². The highest BCUT2D eigenvalue weighted by molar-refractivity contribution is 5.83. The number of carbonyl (C=O) groups is 1. The van der Waals surface area contributed by atoms with Crippen LogP contribution in [0.15, 0.2) is 0 Å². The predicted molar refractivity (Wildman–Crippen MR) is 74.8 cm³/mol. The molecule has 2 rings (SSSR count). The van der Waals surface area contributed by atoms with Crippen molar-refractivity contribution in [2.45, 2.75) is 45.2 Å². The Bertz CT molecular complexity index is 318. The third-order valence-corrected chi connectivity index (χ3v) is 4.56. The van der Waals surface area contributed by atoms with Gasteiger partial charge in [-0.25, -0.2) is 0 Å². The van der Waals surface area contributed by atoms with Gasteiger partial charge in [0, 0.05) is 31.7 Å². The van der Waals surface area contributed by atoms with Gasteiger partial charge < -0.3 is 15.8 Å². The third kappa shape index (κ3) is 3.46. The molecule has 1 amide bonds. The minimum atomic E-state index is -0.376. The highest BCUT2D eigenvalue weighted by Gasteiger charge is 2.43. The second kappa shape index (κ2) is 6.20. The van der Waals surface area contributed by atoms with Crippen LogP contribution in [-0.2, 0) is 9.53 Å². The first-order valence-corrected chi connectivity index (χ1v) is 7.39. The van der Waals surface area contributed by atoms with Gasteiger partial charge in [0.15, 0.2) is 0 Å². The Morgan fingerprint density at radius 2 is 2.21 bits per heavy atom. The van der Waals surface area contributed by atoms with Crippen molar-refractivity contribution in [2.75, 3.05) is 32.8 Å². The van der Waals surface area contributed by atoms with Crippen molar-refractivity contribution in [2.24, 2.45) is 11.1 Å². The third-order valence-electron chi connectivity index (χ3n) is 4.56. The lowest BCUT2D eigenvalue weighted by Gasteiger charge is -2.32. The molecule has 0 bridgehead atoms. The first kappa shape index (κ1) is 14.8. The molecule has 0 aromatic rings. The summed E-state index contributed by atoms with van der Waals surface area (Å²) in [5.74, 6) is 0.123. The highest BCUT2D eigenvalue weighted by Crippen LogP contribution is 2.36. The molecule has 110 valence electrons. The van der Waals surface area contributed by atoms with Gasteiger partial charge >= 0.3 is 0 Å². The minimum absolute atomic E-state index is 0.00286. The van der Waals surface area contributed by atoms with Gasteiger partial charge in [-0.05, 0) is 26.7 Å². The Morgan fingerprint density at radius 3 is 2.79 bits per heavy atom. The van der Waals surface area contributed by atoms with Gasteiger partial charge in [0.2, 0.25) is 5.91 Å².